The van der Waals surface area contributed by atoms with Crippen LogP contribution in [0, 0.1) is 0 Å². The summed E-state index contributed by atoms with van der Waals surface area (Å²) in [4.78, 5) is 10.8. The summed E-state index contributed by atoms with van der Waals surface area (Å²) in [7, 11) is 1.68. The molecule has 4 heteroatoms. The molecule has 0 aliphatic heterocycles. The van der Waals surface area contributed by atoms with Gasteiger partial charge in [-0.25, -0.2) is 0 Å². The molecule has 1 aromatic heterocycles. The first-order chi connectivity index (χ1) is 8.22. The summed E-state index contributed by atoms with van der Waals surface area (Å²) < 4.78 is 6.60. The highest BCUT2D eigenvalue weighted by atomic mass is 32.1. The molecule has 0 radical (unpaired) electrons. The van der Waals surface area contributed by atoms with Crippen molar-refractivity contribution in [3.8, 4) is 5.75 Å². The van der Waals surface area contributed by atoms with Crippen molar-refractivity contribution in [2.24, 2.45) is 0 Å². The molecule has 90 valence electrons. The Labute approximate surface area is 104 Å². The number of hydrogen-bond donors (Lipinski definition) is 1. The van der Waals surface area contributed by atoms with Crippen molar-refractivity contribution in [3.05, 3.63) is 29.1 Å². The molecule has 2 rings (SSSR count). The number of fused-ring (bicyclic) bond motifs is 1. The van der Waals surface area contributed by atoms with Gasteiger partial charge in [-0.05, 0) is 29.5 Å². The van der Waals surface area contributed by atoms with Gasteiger partial charge >= 0.3 is 0 Å². The molecule has 0 saturated heterocycles. The van der Waals surface area contributed by atoms with Crippen molar-refractivity contribution >= 4 is 27.3 Å². The third kappa shape index (κ3) is 2.58. The van der Waals surface area contributed by atoms with E-state index in [1.165, 1.54) is 22.6 Å². The lowest BCUT2D eigenvalue weighted by atomic mass is 10.1. The van der Waals surface area contributed by atoms with Crippen LogP contribution in [0.15, 0.2) is 23.6 Å². The first kappa shape index (κ1) is 11.9. The van der Waals surface area contributed by atoms with E-state index in [0.29, 0.717) is 6.54 Å². The number of rotatable bonds is 4. The largest absolute Gasteiger partial charge is 0.496 e. The Kier molecular flexibility index (Phi) is 3.64. The lowest BCUT2D eigenvalue weighted by Crippen LogP contribution is -2.22. The molecule has 0 aliphatic carbocycles. The number of hydrogen-bond acceptors (Lipinski definition) is 3. The fraction of sp³-hybridized carbons (Fsp3) is 0.308. The van der Waals surface area contributed by atoms with Gasteiger partial charge in [-0.1, -0.05) is 6.07 Å². The lowest BCUT2D eigenvalue weighted by Gasteiger charge is -2.05. The molecule has 0 aliphatic rings. The van der Waals surface area contributed by atoms with Gasteiger partial charge in [0.05, 0.1) is 7.11 Å². The summed E-state index contributed by atoms with van der Waals surface area (Å²) in [6.45, 7) is 2.20. The minimum atomic E-state index is 0.0106. The third-order valence-electron chi connectivity index (χ3n) is 2.63. The number of benzene rings is 1. The van der Waals surface area contributed by atoms with Gasteiger partial charge in [-0.15, -0.1) is 11.3 Å². The van der Waals surface area contributed by atoms with E-state index >= 15 is 0 Å². The predicted molar refractivity (Wildman–Crippen MR) is 70.8 cm³/mol. The van der Waals surface area contributed by atoms with E-state index in [4.69, 9.17) is 4.74 Å². The van der Waals surface area contributed by atoms with E-state index in [0.717, 1.165) is 12.2 Å². The Hall–Kier alpha value is -1.55. The maximum Gasteiger partial charge on any atom is 0.216 e. The van der Waals surface area contributed by atoms with E-state index in [-0.39, 0.29) is 5.91 Å². The van der Waals surface area contributed by atoms with Crippen LogP contribution in [-0.2, 0) is 11.2 Å². The van der Waals surface area contributed by atoms with Crippen molar-refractivity contribution in [3.63, 3.8) is 0 Å². The van der Waals surface area contributed by atoms with Crippen LogP contribution < -0.4 is 10.1 Å². The topological polar surface area (TPSA) is 38.3 Å². The number of thiophene rings is 1. The highest BCUT2D eigenvalue weighted by Gasteiger charge is 2.08. The van der Waals surface area contributed by atoms with Crippen LogP contribution in [0.5, 0.6) is 5.75 Å². The number of methoxy groups -OCH3 is 1. The average molecular weight is 249 g/mol. The normalized spacial score (nSPS) is 10.5. The summed E-state index contributed by atoms with van der Waals surface area (Å²) in [6.07, 6.45) is 0.833. The monoisotopic (exact) mass is 249 g/mol. The van der Waals surface area contributed by atoms with Crippen LogP contribution in [0.2, 0.25) is 0 Å². The number of carbonyl (C=O) groups excluding carboxylic acids is 1. The minimum absolute atomic E-state index is 0.0106. The van der Waals surface area contributed by atoms with Crippen molar-refractivity contribution in [1.29, 1.82) is 0 Å². The molecule has 2 aromatic rings. The zero-order valence-electron chi connectivity index (χ0n) is 9.95. The SMILES string of the molecule is COc1cccc2scc(CCNC(C)=O)c12. The average Bonchev–Trinajstić information content (AvgIpc) is 2.72. The van der Waals surface area contributed by atoms with Crippen molar-refractivity contribution in [1.82, 2.24) is 5.32 Å². The van der Waals surface area contributed by atoms with E-state index in [9.17, 15) is 4.79 Å². The van der Waals surface area contributed by atoms with Crippen molar-refractivity contribution in [2.45, 2.75) is 13.3 Å². The van der Waals surface area contributed by atoms with Crippen molar-refractivity contribution < 1.29 is 9.53 Å². The fourth-order valence-corrected chi connectivity index (χ4v) is 2.86. The van der Waals surface area contributed by atoms with Crippen LogP contribution >= 0.6 is 11.3 Å². The van der Waals surface area contributed by atoms with Gasteiger partial charge in [0.2, 0.25) is 5.91 Å². The molecule has 17 heavy (non-hydrogen) atoms. The first-order valence-corrected chi connectivity index (χ1v) is 6.38. The molecule has 0 fully saturated rings. The molecular formula is C13H15NO2S. The molecule has 1 heterocycles. The van der Waals surface area contributed by atoms with E-state index in [2.05, 4.69) is 16.8 Å². The van der Waals surface area contributed by atoms with Crippen LogP contribution in [-0.4, -0.2) is 19.6 Å². The quantitative estimate of drug-likeness (QED) is 0.904. The summed E-state index contributed by atoms with van der Waals surface area (Å²) in [5.74, 6) is 0.915. The molecule has 0 bridgehead atoms. The Balaban J connectivity index is 2.25. The zero-order chi connectivity index (χ0) is 12.3. The zero-order valence-corrected chi connectivity index (χ0v) is 10.8. The van der Waals surface area contributed by atoms with Crippen LogP contribution in [0.4, 0.5) is 0 Å². The third-order valence-corrected chi connectivity index (χ3v) is 3.62. The predicted octanol–water partition coefficient (Wildman–Crippen LogP) is 2.59. The second-order valence-corrected chi connectivity index (χ2v) is 4.74. The molecule has 1 N–H and O–H groups in total. The van der Waals surface area contributed by atoms with Crippen LogP contribution in [0.3, 0.4) is 0 Å². The molecule has 0 unspecified atom stereocenters. The van der Waals surface area contributed by atoms with Gasteiger partial charge in [0, 0.05) is 23.6 Å². The number of amides is 1. The van der Waals surface area contributed by atoms with E-state index < -0.39 is 0 Å². The maximum atomic E-state index is 10.8. The standard InChI is InChI=1S/C13H15NO2S/c1-9(15)14-7-6-10-8-17-12-5-3-4-11(16-2)13(10)12/h3-5,8H,6-7H2,1-2H3,(H,14,15). The second-order valence-electron chi connectivity index (χ2n) is 3.83. The van der Waals surface area contributed by atoms with Crippen molar-refractivity contribution in [2.75, 3.05) is 13.7 Å². The van der Waals surface area contributed by atoms with Gasteiger partial charge < -0.3 is 10.1 Å². The van der Waals surface area contributed by atoms with Gasteiger partial charge in [-0.3, -0.25) is 4.79 Å². The summed E-state index contributed by atoms with van der Waals surface area (Å²) in [6, 6.07) is 6.05. The second kappa shape index (κ2) is 5.19. The van der Waals surface area contributed by atoms with E-state index in [1.54, 1.807) is 18.4 Å². The summed E-state index contributed by atoms with van der Waals surface area (Å²) >= 11 is 1.71. The Morgan fingerprint density at radius 2 is 2.29 bits per heavy atom. The Morgan fingerprint density at radius 1 is 1.47 bits per heavy atom. The molecule has 0 atom stereocenters. The van der Waals surface area contributed by atoms with Gasteiger partial charge in [-0.2, -0.15) is 0 Å². The summed E-state index contributed by atoms with van der Waals surface area (Å²) in [5, 5.41) is 6.12. The van der Waals surface area contributed by atoms with Crippen LogP contribution in [0.25, 0.3) is 10.1 Å². The molecule has 3 nitrogen and oxygen atoms in total. The number of ether oxygens (including phenoxy) is 1. The number of nitrogens with one attached hydrogen (secondary N) is 1. The van der Waals surface area contributed by atoms with Gasteiger partial charge in [0.25, 0.3) is 0 Å². The highest BCUT2D eigenvalue weighted by molar-refractivity contribution is 7.17. The minimum Gasteiger partial charge on any atom is -0.496 e. The molecule has 0 spiro atoms. The summed E-state index contributed by atoms with van der Waals surface area (Å²) in [5.41, 5.74) is 1.23. The first-order valence-electron chi connectivity index (χ1n) is 5.50. The van der Waals surface area contributed by atoms with Gasteiger partial charge in [0.1, 0.15) is 5.75 Å². The molecule has 1 amide bonds. The molecule has 1 aromatic carbocycles. The smallest absolute Gasteiger partial charge is 0.216 e. The van der Waals surface area contributed by atoms with Crippen LogP contribution in [0.1, 0.15) is 12.5 Å². The van der Waals surface area contributed by atoms with E-state index in [1.807, 2.05) is 12.1 Å². The fourth-order valence-electron chi connectivity index (χ4n) is 1.85. The van der Waals surface area contributed by atoms with Gasteiger partial charge in [0.15, 0.2) is 0 Å². The highest BCUT2D eigenvalue weighted by Crippen LogP contribution is 2.33. The lowest BCUT2D eigenvalue weighted by molar-refractivity contribution is -0.118. The Morgan fingerprint density at radius 3 is 3.00 bits per heavy atom. The Bertz CT molecular complexity index is 533. The molecule has 0 saturated carbocycles. The maximum absolute atomic E-state index is 10.8. The number of carbonyl (C=O) groups is 1. The molecular weight excluding hydrogens is 234 g/mol.